The van der Waals surface area contributed by atoms with E-state index in [1.165, 1.54) is 0 Å². The third-order valence-electron chi connectivity index (χ3n) is 2.20. The summed E-state index contributed by atoms with van der Waals surface area (Å²) in [6.45, 7) is 5.73. The Morgan fingerprint density at radius 3 is 2.57 bits per heavy atom. The average Bonchev–Trinajstić information content (AvgIpc) is 2.02. The minimum atomic E-state index is -0.794. The standard InChI is InChI=1S/C11H15NO2/c1-8-4-5-9(12-7-8)11(2,3)6-10(13)14/h4-5,7H,6H2,1-3H3,(H,13,14). The lowest BCUT2D eigenvalue weighted by Gasteiger charge is -2.21. The number of carboxylic acid groups (broad SMARTS) is 1. The van der Waals surface area contributed by atoms with E-state index >= 15 is 0 Å². The maximum Gasteiger partial charge on any atom is 0.304 e. The second-order valence-corrected chi connectivity index (χ2v) is 4.18. The van der Waals surface area contributed by atoms with Gasteiger partial charge in [-0.1, -0.05) is 19.9 Å². The van der Waals surface area contributed by atoms with Crippen molar-refractivity contribution in [3.63, 3.8) is 0 Å². The lowest BCUT2D eigenvalue weighted by atomic mass is 9.85. The Hall–Kier alpha value is -1.38. The van der Waals surface area contributed by atoms with Crippen molar-refractivity contribution in [2.24, 2.45) is 0 Å². The first-order valence-corrected chi connectivity index (χ1v) is 4.57. The summed E-state index contributed by atoms with van der Waals surface area (Å²) in [7, 11) is 0. The minimum absolute atomic E-state index is 0.100. The van der Waals surface area contributed by atoms with Gasteiger partial charge in [-0.25, -0.2) is 0 Å². The Balaban J connectivity index is 2.91. The smallest absolute Gasteiger partial charge is 0.304 e. The van der Waals surface area contributed by atoms with Crippen LogP contribution in [0.15, 0.2) is 18.3 Å². The molecular weight excluding hydrogens is 178 g/mol. The summed E-state index contributed by atoms with van der Waals surface area (Å²) < 4.78 is 0. The highest BCUT2D eigenvalue weighted by Gasteiger charge is 2.25. The van der Waals surface area contributed by atoms with Crippen LogP contribution in [0.4, 0.5) is 0 Å². The maximum absolute atomic E-state index is 10.6. The molecule has 1 aromatic rings. The highest BCUT2D eigenvalue weighted by Crippen LogP contribution is 2.24. The van der Waals surface area contributed by atoms with Crippen molar-refractivity contribution in [1.29, 1.82) is 0 Å². The molecule has 0 atom stereocenters. The van der Waals surface area contributed by atoms with Gasteiger partial charge in [0.05, 0.1) is 6.42 Å². The van der Waals surface area contributed by atoms with Crippen molar-refractivity contribution in [3.8, 4) is 0 Å². The first-order chi connectivity index (χ1) is 6.42. The molecule has 14 heavy (non-hydrogen) atoms. The fraction of sp³-hybridized carbons (Fsp3) is 0.455. The van der Waals surface area contributed by atoms with Crippen molar-refractivity contribution in [2.75, 3.05) is 0 Å². The van der Waals surface area contributed by atoms with Crippen LogP contribution < -0.4 is 0 Å². The van der Waals surface area contributed by atoms with Crippen molar-refractivity contribution in [3.05, 3.63) is 29.6 Å². The van der Waals surface area contributed by atoms with Crippen LogP contribution in [-0.2, 0) is 10.2 Å². The molecule has 76 valence electrons. The average molecular weight is 193 g/mol. The normalized spacial score (nSPS) is 11.4. The number of pyridine rings is 1. The van der Waals surface area contributed by atoms with Gasteiger partial charge >= 0.3 is 5.97 Å². The van der Waals surface area contributed by atoms with Crippen LogP contribution >= 0.6 is 0 Å². The molecule has 0 spiro atoms. The quantitative estimate of drug-likeness (QED) is 0.800. The fourth-order valence-corrected chi connectivity index (χ4v) is 1.34. The van der Waals surface area contributed by atoms with E-state index in [4.69, 9.17) is 5.11 Å². The summed E-state index contributed by atoms with van der Waals surface area (Å²) in [6.07, 6.45) is 1.86. The van der Waals surface area contributed by atoms with Gasteiger partial charge in [-0.3, -0.25) is 9.78 Å². The molecule has 0 saturated heterocycles. The predicted molar refractivity (Wildman–Crippen MR) is 54.3 cm³/mol. The summed E-state index contributed by atoms with van der Waals surface area (Å²) in [4.78, 5) is 14.9. The Morgan fingerprint density at radius 2 is 2.14 bits per heavy atom. The van der Waals surface area contributed by atoms with Gasteiger partial charge in [0.25, 0.3) is 0 Å². The van der Waals surface area contributed by atoms with Gasteiger partial charge in [-0.2, -0.15) is 0 Å². The Kier molecular flexibility index (Phi) is 2.89. The monoisotopic (exact) mass is 193 g/mol. The SMILES string of the molecule is Cc1ccc(C(C)(C)CC(=O)O)nc1. The van der Waals surface area contributed by atoms with Gasteiger partial charge in [0.15, 0.2) is 0 Å². The van der Waals surface area contributed by atoms with Gasteiger partial charge in [0.2, 0.25) is 0 Å². The largest absolute Gasteiger partial charge is 0.481 e. The first-order valence-electron chi connectivity index (χ1n) is 4.57. The zero-order chi connectivity index (χ0) is 10.8. The fourth-order valence-electron chi connectivity index (χ4n) is 1.34. The molecular formula is C11H15NO2. The lowest BCUT2D eigenvalue weighted by molar-refractivity contribution is -0.138. The number of aromatic nitrogens is 1. The van der Waals surface area contributed by atoms with Crippen molar-refractivity contribution >= 4 is 5.97 Å². The predicted octanol–water partition coefficient (Wildman–Crippen LogP) is 2.14. The van der Waals surface area contributed by atoms with Crippen molar-refractivity contribution in [1.82, 2.24) is 4.98 Å². The molecule has 0 aromatic carbocycles. The molecule has 0 unspecified atom stereocenters. The highest BCUT2D eigenvalue weighted by atomic mass is 16.4. The second-order valence-electron chi connectivity index (χ2n) is 4.18. The first kappa shape index (κ1) is 10.7. The van der Waals surface area contributed by atoms with E-state index < -0.39 is 11.4 Å². The van der Waals surface area contributed by atoms with Gasteiger partial charge in [0.1, 0.15) is 0 Å². The number of hydrogen-bond acceptors (Lipinski definition) is 2. The molecule has 3 nitrogen and oxygen atoms in total. The zero-order valence-corrected chi connectivity index (χ0v) is 8.74. The summed E-state index contributed by atoms with van der Waals surface area (Å²) >= 11 is 0. The number of aryl methyl sites for hydroxylation is 1. The zero-order valence-electron chi connectivity index (χ0n) is 8.74. The Morgan fingerprint density at radius 1 is 1.50 bits per heavy atom. The summed E-state index contributed by atoms with van der Waals surface area (Å²) in [6, 6.07) is 3.84. The van der Waals surface area contributed by atoms with Crippen LogP contribution in [0.1, 0.15) is 31.5 Å². The van der Waals surface area contributed by atoms with Crippen LogP contribution in [0.3, 0.4) is 0 Å². The number of rotatable bonds is 3. The molecule has 1 N–H and O–H groups in total. The second kappa shape index (κ2) is 3.78. The van der Waals surface area contributed by atoms with Crippen molar-refractivity contribution < 1.29 is 9.90 Å². The van der Waals surface area contributed by atoms with Gasteiger partial charge in [0, 0.05) is 17.3 Å². The van der Waals surface area contributed by atoms with E-state index in [9.17, 15) is 4.79 Å². The molecule has 0 aliphatic rings. The molecule has 0 bridgehead atoms. The number of carbonyl (C=O) groups is 1. The molecule has 1 heterocycles. The van der Waals surface area contributed by atoms with Crippen LogP contribution in [-0.4, -0.2) is 16.1 Å². The topological polar surface area (TPSA) is 50.2 Å². The highest BCUT2D eigenvalue weighted by molar-refractivity contribution is 5.68. The number of carboxylic acids is 1. The minimum Gasteiger partial charge on any atom is -0.481 e. The van der Waals surface area contributed by atoms with Gasteiger partial charge in [-0.05, 0) is 18.6 Å². The molecule has 0 saturated carbocycles. The summed E-state index contributed by atoms with van der Waals surface area (Å²) in [5.41, 5.74) is 1.50. The van der Waals surface area contributed by atoms with Crippen molar-refractivity contribution in [2.45, 2.75) is 32.6 Å². The lowest BCUT2D eigenvalue weighted by Crippen LogP contribution is -2.22. The maximum atomic E-state index is 10.6. The van der Waals surface area contributed by atoms with E-state index in [1.807, 2.05) is 32.9 Å². The van der Waals surface area contributed by atoms with Crippen LogP contribution in [0.2, 0.25) is 0 Å². The molecule has 0 radical (unpaired) electrons. The van der Waals surface area contributed by atoms with E-state index in [0.717, 1.165) is 11.3 Å². The number of hydrogen-bond donors (Lipinski definition) is 1. The third kappa shape index (κ3) is 2.55. The number of nitrogens with zero attached hydrogens (tertiary/aromatic N) is 1. The van der Waals surface area contributed by atoms with Gasteiger partial charge in [-0.15, -0.1) is 0 Å². The van der Waals surface area contributed by atoms with E-state index in [2.05, 4.69) is 4.98 Å². The molecule has 0 aliphatic carbocycles. The van der Waals surface area contributed by atoms with Gasteiger partial charge < -0.3 is 5.11 Å². The van der Waals surface area contributed by atoms with E-state index in [0.29, 0.717) is 0 Å². The number of aliphatic carboxylic acids is 1. The molecule has 0 fully saturated rings. The van der Waals surface area contributed by atoms with Crippen LogP contribution in [0.5, 0.6) is 0 Å². The molecule has 1 rings (SSSR count). The van der Waals surface area contributed by atoms with Crippen LogP contribution in [0, 0.1) is 6.92 Å². The summed E-state index contributed by atoms with van der Waals surface area (Å²) in [5.74, 6) is -0.794. The Bertz CT molecular complexity index is 328. The Labute approximate surface area is 83.8 Å². The molecule has 1 aromatic heterocycles. The van der Waals surface area contributed by atoms with E-state index in [1.54, 1.807) is 6.20 Å². The molecule has 0 aliphatic heterocycles. The van der Waals surface area contributed by atoms with E-state index in [-0.39, 0.29) is 6.42 Å². The van der Waals surface area contributed by atoms with Crippen LogP contribution in [0.25, 0.3) is 0 Å². The summed E-state index contributed by atoms with van der Waals surface area (Å²) in [5, 5.41) is 8.74. The third-order valence-corrected chi connectivity index (χ3v) is 2.20. The molecule has 0 amide bonds. The molecule has 3 heteroatoms.